The zero-order valence-electron chi connectivity index (χ0n) is 13.6. The Balaban J connectivity index is 2.00. The van der Waals surface area contributed by atoms with Gasteiger partial charge in [0.1, 0.15) is 5.60 Å². The van der Waals surface area contributed by atoms with Gasteiger partial charge < -0.3 is 15.4 Å². The summed E-state index contributed by atoms with van der Waals surface area (Å²) in [6.07, 6.45) is 3.17. The van der Waals surface area contributed by atoms with Gasteiger partial charge in [-0.15, -0.1) is 0 Å². The van der Waals surface area contributed by atoms with Crippen molar-refractivity contribution in [2.45, 2.75) is 45.1 Å². The fraction of sp³-hybridized carbons (Fsp3) is 0.529. The van der Waals surface area contributed by atoms with E-state index < -0.39 is 5.60 Å². The molecule has 120 valence electrons. The van der Waals surface area contributed by atoms with Gasteiger partial charge in [0.25, 0.3) is 0 Å². The summed E-state index contributed by atoms with van der Waals surface area (Å²) >= 11 is 0. The quantitative estimate of drug-likeness (QED) is 0.909. The van der Waals surface area contributed by atoms with Crippen LogP contribution in [0.25, 0.3) is 6.08 Å². The highest BCUT2D eigenvalue weighted by molar-refractivity contribution is 5.68. The number of amides is 1. The molecule has 5 nitrogen and oxygen atoms in total. The molecule has 1 aliphatic rings. The highest BCUT2D eigenvalue weighted by Gasteiger charge is 2.28. The third-order valence-corrected chi connectivity index (χ3v) is 3.72. The van der Waals surface area contributed by atoms with Gasteiger partial charge in [0, 0.05) is 19.0 Å². The number of nitrogens with zero attached hydrogens (tertiary/aromatic N) is 2. The molecule has 1 aliphatic heterocycles. The first-order chi connectivity index (χ1) is 10.3. The number of aromatic nitrogens is 1. The van der Waals surface area contributed by atoms with E-state index in [1.807, 2.05) is 32.9 Å². The van der Waals surface area contributed by atoms with Crippen molar-refractivity contribution in [1.82, 2.24) is 9.88 Å². The summed E-state index contributed by atoms with van der Waals surface area (Å²) in [7, 11) is 0. The van der Waals surface area contributed by atoms with Crippen molar-refractivity contribution in [2.24, 2.45) is 0 Å². The SMILES string of the molecule is C=Cc1ccc(N)c(C2CCN(C(=O)OC(C)(C)C)CC2)n1. The molecular formula is C17H25N3O2. The molecule has 2 heterocycles. The Morgan fingerprint density at radius 1 is 1.41 bits per heavy atom. The van der Waals surface area contributed by atoms with Crippen LogP contribution >= 0.6 is 0 Å². The Labute approximate surface area is 132 Å². The van der Waals surface area contributed by atoms with Gasteiger partial charge in [0.15, 0.2) is 0 Å². The number of carbonyl (C=O) groups excluding carboxylic acids is 1. The second-order valence-electron chi connectivity index (χ2n) is 6.66. The zero-order chi connectivity index (χ0) is 16.3. The minimum absolute atomic E-state index is 0.244. The summed E-state index contributed by atoms with van der Waals surface area (Å²) in [5, 5.41) is 0. The van der Waals surface area contributed by atoms with Crippen LogP contribution in [0.1, 0.15) is 50.9 Å². The van der Waals surface area contributed by atoms with Crippen LogP contribution in [0.15, 0.2) is 18.7 Å². The van der Waals surface area contributed by atoms with Crippen LogP contribution in [-0.4, -0.2) is 34.7 Å². The van der Waals surface area contributed by atoms with Crippen LogP contribution in [0.5, 0.6) is 0 Å². The molecule has 0 bridgehead atoms. The van der Waals surface area contributed by atoms with Gasteiger partial charge >= 0.3 is 6.09 Å². The van der Waals surface area contributed by atoms with Crippen LogP contribution < -0.4 is 5.73 Å². The van der Waals surface area contributed by atoms with E-state index in [2.05, 4.69) is 11.6 Å². The molecule has 2 rings (SSSR count). The lowest BCUT2D eigenvalue weighted by Gasteiger charge is -2.33. The summed E-state index contributed by atoms with van der Waals surface area (Å²) in [6.45, 7) is 10.7. The molecular weight excluding hydrogens is 278 g/mol. The maximum Gasteiger partial charge on any atom is 0.410 e. The molecule has 1 aromatic rings. The second kappa shape index (κ2) is 6.38. The van der Waals surface area contributed by atoms with Gasteiger partial charge in [0.05, 0.1) is 17.1 Å². The van der Waals surface area contributed by atoms with E-state index in [1.165, 1.54) is 0 Å². The largest absolute Gasteiger partial charge is 0.444 e. The fourth-order valence-corrected chi connectivity index (χ4v) is 2.60. The number of pyridine rings is 1. The summed E-state index contributed by atoms with van der Waals surface area (Å²) in [6, 6.07) is 3.74. The van der Waals surface area contributed by atoms with E-state index in [1.54, 1.807) is 11.0 Å². The minimum Gasteiger partial charge on any atom is -0.444 e. The molecule has 5 heteroatoms. The average Bonchev–Trinajstić information content (AvgIpc) is 2.46. The van der Waals surface area contributed by atoms with Gasteiger partial charge in [0.2, 0.25) is 0 Å². The lowest BCUT2D eigenvalue weighted by Crippen LogP contribution is -2.41. The van der Waals surface area contributed by atoms with Gasteiger partial charge in [-0.1, -0.05) is 6.58 Å². The highest BCUT2D eigenvalue weighted by atomic mass is 16.6. The van der Waals surface area contributed by atoms with Crippen molar-refractivity contribution in [2.75, 3.05) is 18.8 Å². The monoisotopic (exact) mass is 303 g/mol. The van der Waals surface area contributed by atoms with Crippen LogP contribution in [0, 0.1) is 0 Å². The Hall–Kier alpha value is -2.04. The van der Waals surface area contributed by atoms with Crippen molar-refractivity contribution in [1.29, 1.82) is 0 Å². The van der Waals surface area contributed by atoms with Crippen LogP contribution in [0.2, 0.25) is 0 Å². The molecule has 1 fully saturated rings. The molecule has 0 radical (unpaired) electrons. The standard InChI is InChI=1S/C17H25N3O2/c1-5-13-6-7-14(18)15(19-13)12-8-10-20(11-9-12)16(21)22-17(2,3)4/h5-7,12H,1,8-11,18H2,2-4H3. The number of ether oxygens (including phenoxy) is 1. The van der Waals surface area contributed by atoms with Gasteiger partial charge in [-0.25, -0.2) is 4.79 Å². The molecule has 0 saturated carbocycles. The normalized spacial score (nSPS) is 16.4. The van der Waals surface area contributed by atoms with Gasteiger partial charge in [-0.05, 0) is 51.8 Å². The lowest BCUT2D eigenvalue weighted by atomic mass is 9.92. The van der Waals surface area contributed by atoms with E-state index in [4.69, 9.17) is 10.5 Å². The molecule has 0 aromatic carbocycles. The first-order valence-corrected chi connectivity index (χ1v) is 7.67. The second-order valence-corrected chi connectivity index (χ2v) is 6.66. The minimum atomic E-state index is -0.460. The smallest absolute Gasteiger partial charge is 0.410 e. The molecule has 0 aliphatic carbocycles. The van der Waals surface area contributed by atoms with Crippen molar-refractivity contribution in [3.63, 3.8) is 0 Å². The number of piperidine rings is 1. The number of rotatable bonds is 2. The molecule has 0 spiro atoms. The van der Waals surface area contributed by atoms with Crippen molar-refractivity contribution in [3.8, 4) is 0 Å². The summed E-state index contributed by atoms with van der Waals surface area (Å²) in [5.41, 5.74) is 8.05. The average molecular weight is 303 g/mol. The van der Waals surface area contributed by atoms with E-state index in [-0.39, 0.29) is 12.0 Å². The number of likely N-dealkylation sites (tertiary alicyclic amines) is 1. The van der Waals surface area contributed by atoms with Gasteiger partial charge in [-0.3, -0.25) is 4.98 Å². The Morgan fingerprint density at radius 3 is 2.59 bits per heavy atom. The molecule has 1 amide bonds. The first kappa shape index (κ1) is 16.3. The summed E-state index contributed by atoms with van der Waals surface area (Å²) < 4.78 is 5.41. The third kappa shape index (κ3) is 4.00. The Morgan fingerprint density at radius 2 is 2.05 bits per heavy atom. The maximum atomic E-state index is 12.1. The van der Waals surface area contributed by atoms with E-state index in [9.17, 15) is 4.79 Å². The predicted molar refractivity (Wildman–Crippen MR) is 88.5 cm³/mol. The zero-order valence-corrected chi connectivity index (χ0v) is 13.6. The van der Waals surface area contributed by atoms with Crippen molar-refractivity contribution in [3.05, 3.63) is 30.1 Å². The van der Waals surface area contributed by atoms with E-state index >= 15 is 0 Å². The number of hydrogen-bond donors (Lipinski definition) is 1. The van der Waals surface area contributed by atoms with Crippen molar-refractivity contribution < 1.29 is 9.53 Å². The molecule has 22 heavy (non-hydrogen) atoms. The lowest BCUT2D eigenvalue weighted by molar-refractivity contribution is 0.0204. The van der Waals surface area contributed by atoms with Gasteiger partial charge in [-0.2, -0.15) is 0 Å². The Bertz CT molecular complexity index is 556. The van der Waals surface area contributed by atoms with E-state index in [0.717, 1.165) is 24.2 Å². The number of hydrogen-bond acceptors (Lipinski definition) is 4. The number of anilines is 1. The molecule has 0 atom stereocenters. The summed E-state index contributed by atoms with van der Waals surface area (Å²) in [5.74, 6) is 0.276. The first-order valence-electron chi connectivity index (χ1n) is 7.67. The molecule has 1 aromatic heterocycles. The topological polar surface area (TPSA) is 68.5 Å². The van der Waals surface area contributed by atoms with Crippen LogP contribution in [-0.2, 0) is 4.74 Å². The summed E-state index contributed by atoms with van der Waals surface area (Å²) in [4.78, 5) is 18.4. The number of nitrogen functional groups attached to an aromatic ring is 1. The van der Waals surface area contributed by atoms with E-state index in [0.29, 0.717) is 18.8 Å². The maximum absolute atomic E-state index is 12.1. The highest BCUT2D eigenvalue weighted by Crippen LogP contribution is 2.31. The van der Waals surface area contributed by atoms with Crippen molar-refractivity contribution >= 4 is 17.9 Å². The molecule has 2 N–H and O–H groups in total. The molecule has 0 unspecified atom stereocenters. The Kier molecular flexibility index (Phi) is 4.74. The third-order valence-electron chi connectivity index (χ3n) is 3.72. The number of nitrogens with two attached hydrogens (primary N) is 1. The number of carbonyl (C=O) groups is 1. The van der Waals surface area contributed by atoms with Crippen LogP contribution in [0.4, 0.5) is 10.5 Å². The fourth-order valence-electron chi connectivity index (χ4n) is 2.60. The predicted octanol–water partition coefficient (Wildman–Crippen LogP) is 3.42. The van der Waals surface area contributed by atoms with Crippen LogP contribution in [0.3, 0.4) is 0 Å². The molecule has 1 saturated heterocycles.